The van der Waals surface area contributed by atoms with Gasteiger partial charge in [0, 0.05) is 23.1 Å². The molecule has 0 bridgehead atoms. The maximum atomic E-state index is 13.4. The Morgan fingerprint density at radius 3 is 2.45 bits per heavy atom. The van der Waals surface area contributed by atoms with Crippen molar-refractivity contribution < 1.29 is 14.3 Å². The molecule has 2 amide bonds. The number of hydrogen-bond donors (Lipinski definition) is 1. The van der Waals surface area contributed by atoms with Crippen molar-refractivity contribution in [1.29, 1.82) is 0 Å². The molecular weight excluding hydrogens is 434 g/mol. The van der Waals surface area contributed by atoms with Crippen LogP contribution < -0.4 is 15.0 Å². The SMILES string of the molecule is COc1cccc(-n2c(C)cc(/C=C3/C(=O)NC(=S)N(c4ccc(C)cc4C)C3=O)c2C)c1. The Labute approximate surface area is 198 Å². The first kappa shape index (κ1) is 22.5. The van der Waals surface area contributed by atoms with Crippen molar-refractivity contribution >= 4 is 40.9 Å². The Hall–Kier alpha value is -3.71. The van der Waals surface area contributed by atoms with E-state index in [1.165, 1.54) is 4.90 Å². The van der Waals surface area contributed by atoms with E-state index in [0.717, 1.165) is 39.5 Å². The maximum absolute atomic E-state index is 13.4. The van der Waals surface area contributed by atoms with Gasteiger partial charge in [-0.15, -0.1) is 0 Å². The summed E-state index contributed by atoms with van der Waals surface area (Å²) >= 11 is 5.34. The molecule has 1 N–H and O–H groups in total. The number of methoxy groups -OCH3 is 1. The molecule has 0 atom stereocenters. The summed E-state index contributed by atoms with van der Waals surface area (Å²) in [6.07, 6.45) is 1.63. The highest BCUT2D eigenvalue weighted by molar-refractivity contribution is 7.80. The van der Waals surface area contributed by atoms with Crippen molar-refractivity contribution in [2.75, 3.05) is 12.0 Å². The number of benzene rings is 2. The summed E-state index contributed by atoms with van der Waals surface area (Å²) in [5, 5.41) is 2.74. The molecule has 1 aliphatic heterocycles. The van der Waals surface area contributed by atoms with Crippen LogP contribution in [-0.4, -0.2) is 28.6 Å². The monoisotopic (exact) mass is 459 g/mol. The Morgan fingerprint density at radius 2 is 1.76 bits per heavy atom. The van der Waals surface area contributed by atoms with Gasteiger partial charge in [-0.3, -0.25) is 19.8 Å². The molecule has 6 nitrogen and oxygen atoms in total. The molecule has 4 rings (SSSR count). The third-order valence-corrected chi connectivity index (χ3v) is 6.06. The van der Waals surface area contributed by atoms with Gasteiger partial charge in [-0.25, -0.2) is 0 Å². The zero-order valence-electron chi connectivity index (χ0n) is 19.2. The fourth-order valence-electron chi connectivity index (χ4n) is 4.17. The summed E-state index contributed by atoms with van der Waals surface area (Å²) in [7, 11) is 1.63. The third kappa shape index (κ3) is 4.07. The van der Waals surface area contributed by atoms with Crippen LogP contribution in [0.3, 0.4) is 0 Å². The average Bonchev–Trinajstić information content (AvgIpc) is 3.05. The van der Waals surface area contributed by atoms with Crippen LogP contribution in [-0.2, 0) is 9.59 Å². The van der Waals surface area contributed by atoms with E-state index in [2.05, 4.69) is 9.88 Å². The van der Waals surface area contributed by atoms with E-state index in [1.54, 1.807) is 13.2 Å². The number of nitrogens with zero attached hydrogens (tertiary/aromatic N) is 2. The minimum atomic E-state index is -0.503. The van der Waals surface area contributed by atoms with Gasteiger partial charge in [0.15, 0.2) is 5.11 Å². The lowest BCUT2D eigenvalue weighted by atomic mass is 10.0. The molecular formula is C26H25N3O3S. The van der Waals surface area contributed by atoms with Gasteiger partial charge >= 0.3 is 0 Å². The van der Waals surface area contributed by atoms with E-state index in [-0.39, 0.29) is 10.7 Å². The summed E-state index contributed by atoms with van der Waals surface area (Å²) in [5.41, 5.74) is 6.26. The van der Waals surface area contributed by atoms with Gasteiger partial charge in [0.05, 0.1) is 12.8 Å². The zero-order valence-corrected chi connectivity index (χ0v) is 20.0. The molecule has 0 saturated carbocycles. The van der Waals surface area contributed by atoms with Gasteiger partial charge in [0.25, 0.3) is 11.8 Å². The van der Waals surface area contributed by atoms with E-state index in [9.17, 15) is 9.59 Å². The summed E-state index contributed by atoms with van der Waals surface area (Å²) in [4.78, 5) is 27.6. The second-order valence-electron chi connectivity index (χ2n) is 8.11. The Kier molecular flexibility index (Phi) is 5.91. The van der Waals surface area contributed by atoms with Crippen molar-refractivity contribution in [3.8, 4) is 11.4 Å². The Bertz CT molecular complexity index is 1340. The van der Waals surface area contributed by atoms with Crippen LogP contribution in [0.15, 0.2) is 54.1 Å². The predicted molar refractivity (Wildman–Crippen MR) is 134 cm³/mol. The highest BCUT2D eigenvalue weighted by Gasteiger charge is 2.35. The highest BCUT2D eigenvalue weighted by atomic mass is 32.1. The summed E-state index contributed by atoms with van der Waals surface area (Å²) in [5.74, 6) is -0.196. The molecule has 2 heterocycles. The molecule has 168 valence electrons. The van der Waals surface area contributed by atoms with E-state index in [0.29, 0.717) is 5.69 Å². The fraction of sp³-hybridized carbons (Fsp3) is 0.192. The molecule has 2 aromatic carbocycles. The second kappa shape index (κ2) is 8.67. The first-order valence-corrected chi connectivity index (χ1v) is 10.9. The van der Waals surface area contributed by atoms with Crippen molar-refractivity contribution in [2.45, 2.75) is 27.7 Å². The topological polar surface area (TPSA) is 63.6 Å². The molecule has 1 aromatic heterocycles. The summed E-state index contributed by atoms with van der Waals surface area (Å²) in [6.45, 7) is 7.84. The van der Waals surface area contributed by atoms with Crippen molar-refractivity contribution in [1.82, 2.24) is 9.88 Å². The van der Waals surface area contributed by atoms with E-state index >= 15 is 0 Å². The lowest BCUT2D eigenvalue weighted by Gasteiger charge is -2.30. The van der Waals surface area contributed by atoms with Crippen LogP contribution in [0.25, 0.3) is 11.8 Å². The fourth-order valence-corrected chi connectivity index (χ4v) is 4.44. The Morgan fingerprint density at radius 1 is 1.00 bits per heavy atom. The molecule has 0 aliphatic carbocycles. The molecule has 0 radical (unpaired) electrons. The third-order valence-electron chi connectivity index (χ3n) is 5.78. The summed E-state index contributed by atoms with van der Waals surface area (Å²) in [6, 6.07) is 15.4. The largest absolute Gasteiger partial charge is 0.497 e. The van der Waals surface area contributed by atoms with Crippen LogP contribution in [0.1, 0.15) is 28.1 Å². The standard InChI is InChI=1S/C26H25N3O3S/c1-15-9-10-23(16(2)11-15)29-25(31)22(24(30)27-26(29)33)13-19-12-17(3)28(18(19)4)20-7-6-8-21(14-20)32-5/h6-14H,1-5H3,(H,27,30,33)/b22-13-. The highest BCUT2D eigenvalue weighted by Crippen LogP contribution is 2.28. The Balaban J connectivity index is 1.77. The van der Waals surface area contributed by atoms with Crippen molar-refractivity contribution in [3.63, 3.8) is 0 Å². The van der Waals surface area contributed by atoms with E-state index in [1.807, 2.05) is 76.2 Å². The van der Waals surface area contributed by atoms with E-state index in [4.69, 9.17) is 17.0 Å². The lowest BCUT2D eigenvalue weighted by Crippen LogP contribution is -2.54. The van der Waals surface area contributed by atoms with Crippen molar-refractivity contribution in [2.24, 2.45) is 0 Å². The molecule has 0 spiro atoms. The number of ether oxygens (including phenoxy) is 1. The lowest BCUT2D eigenvalue weighted by molar-refractivity contribution is -0.122. The normalized spacial score (nSPS) is 15.2. The number of carbonyl (C=O) groups excluding carboxylic acids is 2. The first-order valence-electron chi connectivity index (χ1n) is 10.5. The van der Waals surface area contributed by atoms with Gasteiger partial charge in [-0.1, -0.05) is 23.8 Å². The quantitative estimate of drug-likeness (QED) is 0.353. The number of aromatic nitrogens is 1. The number of amides is 2. The van der Waals surface area contributed by atoms with Gasteiger partial charge in [0.2, 0.25) is 0 Å². The van der Waals surface area contributed by atoms with Crippen LogP contribution >= 0.6 is 12.2 Å². The van der Waals surface area contributed by atoms with Crippen LogP contribution in [0.5, 0.6) is 5.75 Å². The van der Waals surface area contributed by atoms with Crippen molar-refractivity contribution in [3.05, 3.63) is 82.2 Å². The molecule has 7 heteroatoms. The number of anilines is 1. The maximum Gasteiger partial charge on any atom is 0.270 e. The predicted octanol–water partition coefficient (Wildman–Crippen LogP) is 4.55. The van der Waals surface area contributed by atoms with Crippen LogP contribution in [0.2, 0.25) is 0 Å². The number of aryl methyl sites for hydroxylation is 3. The molecule has 1 fully saturated rings. The number of hydrogen-bond acceptors (Lipinski definition) is 4. The smallest absolute Gasteiger partial charge is 0.270 e. The number of nitrogens with one attached hydrogen (secondary N) is 1. The molecule has 33 heavy (non-hydrogen) atoms. The van der Waals surface area contributed by atoms with Gasteiger partial charge in [-0.05, 0) is 81.4 Å². The zero-order chi connectivity index (χ0) is 23.9. The number of carbonyl (C=O) groups is 2. The van der Waals surface area contributed by atoms with Gasteiger partial charge in [0.1, 0.15) is 11.3 Å². The molecule has 3 aromatic rings. The second-order valence-corrected chi connectivity index (χ2v) is 8.50. The van der Waals surface area contributed by atoms with E-state index < -0.39 is 11.8 Å². The minimum absolute atomic E-state index is 0.0365. The molecule has 1 saturated heterocycles. The molecule has 0 unspecified atom stereocenters. The van der Waals surface area contributed by atoms with Gasteiger partial charge in [-0.2, -0.15) is 0 Å². The average molecular weight is 460 g/mol. The molecule has 1 aliphatic rings. The minimum Gasteiger partial charge on any atom is -0.497 e. The summed E-state index contributed by atoms with van der Waals surface area (Å²) < 4.78 is 7.41. The van der Waals surface area contributed by atoms with Crippen LogP contribution in [0, 0.1) is 27.7 Å². The van der Waals surface area contributed by atoms with Crippen LogP contribution in [0.4, 0.5) is 5.69 Å². The number of thiocarbonyl (C=S) groups is 1. The first-order chi connectivity index (χ1) is 15.7. The van der Waals surface area contributed by atoms with Gasteiger partial charge < -0.3 is 9.30 Å². The number of rotatable bonds is 4.